The van der Waals surface area contributed by atoms with Gasteiger partial charge < -0.3 is 13.7 Å². The van der Waals surface area contributed by atoms with E-state index < -0.39 is 0 Å². The normalized spacial score (nSPS) is 15.1. The molecule has 0 saturated carbocycles. The van der Waals surface area contributed by atoms with Gasteiger partial charge in [-0.15, -0.1) is 0 Å². The summed E-state index contributed by atoms with van der Waals surface area (Å²) in [7, 11) is 0. The van der Waals surface area contributed by atoms with Crippen molar-refractivity contribution in [3.63, 3.8) is 0 Å². The van der Waals surface area contributed by atoms with Gasteiger partial charge in [0, 0.05) is 61.2 Å². The van der Waals surface area contributed by atoms with E-state index in [0.717, 1.165) is 0 Å². The Bertz CT molecular complexity index is 4130. The lowest BCUT2D eigenvalue weighted by Gasteiger charge is -2.43. The van der Waals surface area contributed by atoms with Gasteiger partial charge >= 0.3 is 0 Å². The Morgan fingerprint density at radius 3 is 1.34 bits per heavy atom. The summed E-state index contributed by atoms with van der Waals surface area (Å²) in [6.07, 6.45) is 0. The molecule has 0 amide bonds. The third kappa shape index (κ3) is 4.69. The second kappa shape index (κ2) is 13.1. The van der Waals surface area contributed by atoms with Crippen molar-refractivity contribution in [1.82, 2.24) is 13.7 Å². The van der Waals surface area contributed by atoms with Crippen molar-refractivity contribution < 1.29 is 0 Å². The van der Waals surface area contributed by atoms with Gasteiger partial charge in [0.15, 0.2) is 0 Å². The summed E-state index contributed by atoms with van der Waals surface area (Å²) in [6.45, 7) is 0. The van der Waals surface area contributed by atoms with E-state index in [2.05, 4.69) is 238 Å². The highest BCUT2D eigenvalue weighted by Crippen LogP contribution is 2.60. The van der Waals surface area contributed by atoms with Crippen LogP contribution in [0.1, 0.15) is 45.2 Å². The molecule has 65 heavy (non-hydrogen) atoms. The fourth-order valence-electron chi connectivity index (χ4n) is 12.3. The van der Waals surface area contributed by atoms with Gasteiger partial charge in [0.1, 0.15) is 0 Å². The molecule has 302 valence electrons. The topological polar surface area (TPSA) is 14.8 Å². The maximum Gasteiger partial charge on any atom is 0.0544 e. The fraction of sp³-hybridized carbons (Fsp3) is 0.0323. The first kappa shape index (κ1) is 35.1. The van der Waals surface area contributed by atoms with Gasteiger partial charge in [-0.3, -0.25) is 0 Å². The largest absolute Gasteiger partial charge is 0.309 e. The molecule has 0 saturated heterocycles. The Kier molecular flexibility index (Phi) is 7.06. The van der Waals surface area contributed by atoms with Crippen LogP contribution in [0.4, 0.5) is 0 Å². The minimum atomic E-state index is 0.0501. The molecule has 2 atom stereocenters. The molecule has 0 fully saturated rings. The number of aromatic nitrogens is 3. The molecule has 3 aromatic heterocycles. The molecule has 0 aliphatic heterocycles. The van der Waals surface area contributed by atoms with Crippen molar-refractivity contribution in [2.45, 2.75) is 11.8 Å². The first-order chi connectivity index (χ1) is 32.3. The summed E-state index contributed by atoms with van der Waals surface area (Å²) in [5.41, 5.74) is 21.9. The number of para-hydroxylation sites is 4. The average molecular weight is 826 g/mol. The van der Waals surface area contributed by atoms with Crippen LogP contribution in [0.5, 0.6) is 0 Å². The quantitative estimate of drug-likeness (QED) is 0.168. The number of fused-ring (bicyclic) bond motifs is 9. The van der Waals surface area contributed by atoms with E-state index in [1.165, 1.54) is 127 Å². The highest BCUT2D eigenvalue weighted by Gasteiger charge is 2.44. The zero-order valence-corrected chi connectivity index (χ0v) is 35.4. The van der Waals surface area contributed by atoms with E-state index in [9.17, 15) is 0 Å². The van der Waals surface area contributed by atoms with Crippen LogP contribution in [0.25, 0.3) is 93.6 Å². The maximum atomic E-state index is 2.53. The van der Waals surface area contributed by atoms with Gasteiger partial charge in [-0.05, 0) is 117 Å². The van der Waals surface area contributed by atoms with E-state index in [1.54, 1.807) is 0 Å². The van der Waals surface area contributed by atoms with Crippen LogP contribution in [0.2, 0.25) is 0 Å². The van der Waals surface area contributed by atoms with Crippen LogP contribution < -0.4 is 0 Å². The molecule has 2 unspecified atom stereocenters. The third-order valence-electron chi connectivity index (χ3n) is 14.8. The second-order valence-corrected chi connectivity index (χ2v) is 17.9. The molecular weight excluding hydrogens is 787 g/mol. The molecule has 13 aromatic rings. The molecule has 0 spiro atoms. The van der Waals surface area contributed by atoms with Crippen LogP contribution in [-0.2, 0) is 0 Å². The summed E-state index contributed by atoms with van der Waals surface area (Å²) < 4.78 is 7.43. The van der Waals surface area contributed by atoms with Crippen LogP contribution in [0.15, 0.2) is 224 Å². The van der Waals surface area contributed by atoms with E-state index in [0.29, 0.717) is 0 Å². The maximum absolute atomic E-state index is 2.53. The fourth-order valence-corrected chi connectivity index (χ4v) is 12.3. The Balaban J connectivity index is 1.00. The van der Waals surface area contributed by atoms with Crippen LogP contribution in [-0.4, -0.2) is 13.7 Å². The van der Waals surface area contributed by atoms with Crippen LogP contribution in [0.3, 0.4) is 0 Å². The van der Waals surface area contributed by atoms with E-state index >= 15 is 0 Å². The van der Waals surface area contributed by atoms with E-state index in [4.69, 9.17) is 0 Å². The molecule has 0 N–H and O–H groups in total. The molecular formula is C62H39N3. The predicted octanol–water partition coefficient (Wildman–Crippen LogP) is 15.6. The number of hydrogen-bond donors (Lipinski definition) is 0. The Morgan fingerprint density at radius 2 is 0.692 bits per heavy atom. The highest BCUT2D eigenvalue weighted by molar-refractivity contribution is 6.16. The van der Waals surface area contributed by atoms with E-state index in [1.807, 2.05) is 0 Å². The predicted molar refractivity (Wildman–Crippen MR) is 270 cm³/mol. The summed E-state index contributed by atoms with van der Waals surface area (Å²) in [4.78, 5) is 0. The highest BCUT2D eigenvalue weighted by atomic mass is 15.0. The van der Waals surface area contributed by atoms with Gasteiger partial charge in [-0.2, -0.15) is 0 Å². The third-order valence-corrected chi connectivity index (χ3v) is 14.8. The number of benzene rings is 10. The monoisotopic (exact) mass is 825 g/mol. The van der Waals surface area contributed by atoms with Crippen LogP contribution >= 0.6 is 0 Å². The zero-order chi connectivity index (χ0) is 42.3. The van der Waals surface area contributed by atoms with Crippen LogP contribution in [0, 0.1) is 0 Å². The van der Waals surface area contributed by atoms with Crippen molar-refractivity contribution in [3.05, 3.63) is 258 Å². The minimum absolute atomic E-state index is 0.0501. The first-order valence-electron chi connectivity index (χ1n) is 22.8. The summed E-state index contributed by atoms with van der Waals surface area (Å²) >= 11 is 0. The molecule has 3 aliphatic carbocycles. The van der Waals surface area contributed by atoms with Crippen molar-refractivity contribution in [2.24, 2.45) is 0 Å². The summed E-state index contributed by atoms with van der Waals surface area (Å²) in [6, 6.07) is 83.6. The Hall–Kier alpha value is -8.40. The number of hydrogen-bond acceptors (Lipinski definition) is 0. The lowest BCUT2D eigenvalue weighted by molar-refractivity contribution is 0.768. The molecule has 3 heterocycles. The smallest absolute Gasteiger partial charge is 0.0544 e. The zero-order valence-electron chi connectivity index (χ0n) is 35.4. The van der Waals surface area contributed by atoms with Gasteiger partial charge in [0.2, 0.25) is 0 Å². The molecule has 3 nitrogen and oxygen atoms in total. The Labute approximate surface area is 375 Å². The molecule has 2 bridgehead atoms. The second-order valence-electron chi connectivity index (χ2n) is 17.9. The van der Waals surface area contributed by atoms with Gasteiger partial charge in [-0.25, -0.2) is 0 Å². The standard InChI is InChI=1S/C62H39N3/c1-3-16-38(17-4-1)39-18-15-21-41(36-39)64-52-28-13-10-25-46(52)58-55(64)34-31-48-57-44-23-7-8-24-45(44)60(61(48)58)62-49(57)32-35-56-59(62)47-26-11-14-29-53(47)65(56)42-30-33-54-50(37-42)43-22-9-12-27-51(43)63(54)40-19-5-2-6-20-40/h1-37,57,60H. The van der Waals surface area contributed by atoms with Crippen molar-refractivity contribution in [2.75, 3.05) is 0 Å². The minimum Gasteiger partial charge on any atom is -0.309 e. The van der Waals surface area contributed by atoms with Gasteiger partial charge in [-0.1, -0.05) is 152 Å². The molecule has 16 rings (SSSR count). The molecule has 3 heteroatoms. The van der Waals surface area contributed by atoms with Gasteiger partial charge in [0.05, 0.1) is 33.1 Å². The van der Waals surface area contributed by atoms with E-state index in [-0.39, 0.29) is 11.8 Å². The lowest BCUT2D eigenvalue weighted by atomic mass is 9.59. The average Bonchev–Trinajstić information content (AvgIpc) is 4.02. The molecule has 0 radical (unpaired) electrons. The van der Waals surface area contributed by atoms with Crippen molar-refractivity contribution >= 4 is 65.4 Å². The van der Waals surface area contributed by atoms with Gasteiger partial charge in [0.25, 0.3) is 0 Å². The number of nitrogens with zero attached hydrogens (tertiary/aromatic N) is 3. The summed E-state index contributed by atoms with van der Waals surface area (Å²) in [5, 5.41) is 7.82. The molecule has 10 aromatic carbocycles. The Morgan fingerprint density at radius 1 is 0.246 bits per heavy atom. The SMILES string of the molecule is c1ccc(-c2cccc(-n3c4ccccc4c4c5c(ccc43)C3c4ccccc4C5c4c3ccc3c4c4ccccc4n3-c3ccc4c(c3)c3ccccc3n4-c3ccccc3)c2)cc1. The molecule has 3 aliphatic rings. The van der Waals surface area contributed by atoms with Crippen molar-refractivity contribution in [3.8, 4) is 28.2 Å². The summed E-state index contributed by atoms with van der Waals surface area (Å²) in [5.74, 6) is 0.176. The number of rotatable bonds is 4. The first-order valence-corrected chi connectivity index (χ1v) is 22.8. The van der Waals surface area contributed by atoms with Crippen molar-refractivity contribution in [1.29, 1.82) is 0 Å². The lowest BCUT2D eigenvalue weighted by Crippen LogP contribution is -2.28.